The van der Waals surface area contributed by atoms with Crippen molar-refractivity contribution < 1.29 is 19.7 Å². The van der Waals surface area contributed by atoms with Crippen LogP contribution < -0.4 is 0 Å². The van der Waals surface area contributed by atoms with E-state index < -0.39 is 0 Å². The summed E-state index contributed by atoms with van der Waals surface area (Å²) in [5, 5.41) is 22.5. The molecule has 5 aliphatic rings. The van der Waals surface area contributed by atoms with Crippen LogP contribution in [-0.2, 0) is 11.2 Å². The van der Waals surface area contributed by atoms with Crippen LogP contribution in [-0.4, -0.2) is 53.1 Å². The Kier molecular flexibility index (Phi) is 9.24. The lowest BCUT2D eigenvalue weighted by Gasteiger charge is -2.64. The van der Waals surface area contributed by atoms with E-state index in [1.54, 1.807) is 0 Å². The fourth-order valence-electron chi connectivity index (χ4n) is 11.8. The van der Waals surface area contributed by atoms with Gasteiger partial charge in [0.2, 0.25) is 0 Å². The fraction of sp³-hybridized carbons (Fsp3) is 0.816. The minimum absolute atomic E-state index is 0.127. The van der Waals surface area contributed by atoms with Gasteiger partial charge in [-0.2, -0.15) is 0 Å². The van der Waals surface area contributed by atoms with Gasteiger partial charge in [-0.1, -0.05) is 64.4 Å². The van der Waals surface area contributed by atoms with Gasteiger partial charge in [-0.15, -0.1) is 0 Å². The van der Waals surface area contributed by atoms with E-state index in [0.717, 1.165) is 64.5 Å². The van der Waals surface area contributed by atoms with Crippen molar-refractivity contribution in [1.82, 2.24) is 4.90 Å². The van der Waals surface area contributed by atoms with E-state index in [9.17, 15) is 15.0 Å². The molecule has 1 aliphatic heterocycles. The number of fused-ring (bicyclic) bond motifs is 5. The first kappa shape index (κ1) is 31.4. The first-order chi connectivity index (χ1) is 20.7. The van der Waals surface area contributed by atoms with Gasteiger partial charge in [0, 0.05) is 13.1 Å². The van der Waals surface area contributed by atoms with Crippen molar-refractivity contribution in [2.24, 2.45) is 58.2 Å². The highest BCUT2D eigenvalue weighted by Crippen LogP contribution is 2.69. The van der Waals surface area contributed by atoms with Gasteiger partial charge in [0.25, 0.3) is 0 Å². The number of aliphatic hydroxyl groups excluding tert-OH is 2. The zero-order chi connectivity index (χ0) is 30.4. The predicted molar refractivity (Wildman–Crippen MR) is 171 cm³/mol. The number of carbonyl (C=O) groups excluding carboxylic acids is 1. The summed E-state index contributed by atoms with van der Waals surface area (Å²) in [4.78, 5) is 14.9. The van der Waals surface area contributed by atoms with E-state index in [2.05, 4.69) is 58.0 Å². The number of benzene rings is 1. The number of aliphatic hydroxyl groups is 2. The Hall–Kier alpha value is -1.59. The number of ether oxygens (including phenoxy) is 1. The lowest BCUT2D eigenvalue weighted by molar-refractivity contribution is -0.203. The van der Waals surface area contributed by atoms with Crippen LogP contribution in [0.3, 0.4) is 0 Å². The predicted octanol–water partition coefficient (Wildman–Crippen LogP) is 7.73. The molecule has 1 heterocycles. The van der Waals surface area contributed by atoms with Gasteiger partial charge >= 0.3 is 6.09 Å². The van der Waals surface area contributed by atoms with Gasteiger partial charge < -0.3 is 19.8 Å². The van der Waals surface area contributed by atoms with Gasteiger partial charge in [0.1, 0.15) is 0 Å². The van der Waals surface area contributed by atoms with E-state index in [-0.39, 0.29) is 29.1 Å². The van der Waals surface area contributed by atoms with Crippen molar-refractivity contribution in [2.75, 3.05) is 19.7 Å². The van der Waals surface area contributed by atoms with Gasteiger partial charge in [-0.25, -0.2) is 4.79 Å². The molecule has 4 saturated carbocycles. The van der Waals surface area contributed by atoms with E-state index in [1.807, 2.05) is 4.90 Å². The molecule has 4 aliphatic carbocycles. The van der Waals surface area contributed by atoms with E-state index in [4.69, 9.17) is 4.74 Å². The molecule has 1 aromatic carbocycles. The minimum Gasteiger partial charge on any atom is -0.449 e. The SMILES string of the molecule is CC[C@H]1[C@@H](O)[C@@H]2[C@H](CC[C@]3(C)C([C@H](C)CCOC(=O)N4CCC(Cc5ccccc5)CC4)CC[C@@H]23)[C@@]2(C)CC[C@@H](O)C[C@@H]12. The van der Waals surface area contributed by atoms with E-state index in [0.29, 0.717) is 54.0 Å². The third-order valence-corrected chi connectivity index (χ3v) is 14.2. The Balaban J connectivity index is 1.02. The molecular weight excluding hydrogens is 534 g/mol. The summed E-state index contributed by atoms with van der Waals surface area (Å²) in [6, 6.07) is 10.7. The van der Waals surface area contributed by atoms with Crippen LogP contribution in [0.2, 0.25) is 0 Å². The molecule has 43 heavy (non-hydrogen) atoms. The second-order valence-electron chi connectivity index (χ2n) is 16.1. The number of carbonyl (C=O) groups is 1. The molecule has 0 aromatic heterocycles. The molecule has 5 nitrogen and oxygen atoms in total. The normalized spacial score (nSPS) is 42.0. The molecule has 1 aromatic rings. The highest BCUT2D eigenvalue weighted by Gasteiger charge is 2.64. The Morgan fingerprint density at radius 2 is 1.65 bits per heavy atom. The third kappa shape index (κ3) is 5.80. The van der Waals surface area contributed by atoms with Gasteiger partial charge in [0.15, 0.2) is 0 Å². The lowest BCUT2D eigenvalue weighted by Crippen LogP contribution is -2.62. The Bertz CT molecular complexity index is 1090. The van der Waals surface area contributed by atoms with E-state index >= 15 is 0 Å². The molecule has 0 spiro atoms. The van der Waals surface area contributed by atoms with Crippen LogP contribution in [0.5, 0.6) is 0 Å². The molecular formula is C38H59NO4. The van der Waals surface area contributed by atoms with Crippen LogP contribution in [0.4, 0.5) is 4.79 Å². The van der Waals surface area contributed by atoms with Crippen LogP contribution in [0.1, 0.15) is 104 Å². The standard InChI is InChI=1S/C38H59NO4/c1-5-29-33-24-28(40)13-18-38(33,4)32-14-19-37(3)30(11-12-31(37)34(32)35(29)41)25(2)17-22-43-36(42)39-20-15-27(16-21-39)23-26-9-7-6-8-10-26/h6-10,25,27-35,40-41H,5,11-24H2,1-4H3/t25-,28-,29-,30?,31+,32+,33+,34+,35-,37-,38-/m1/s1. The number of amides is 1. The Morgan fingerprint density at radius 1 is 0.953 bits per heavy atom. The van der Waals surface area contributed by atoms with Crippen molar-refractivity contribution >= 4 is 6.09 Å². The molecule has 11 atom stereocenters. The molecule has 2 N–H and O–H groups in total. The largest absolute Gasteiger partial charge is 0.449 e. The van der Waals surface area contributed by atoms with Gasteiger partial charge in [-0.05, 0) is 134 Å². The van der Waals surface area contributed by atoms with Gasteiger partial charge in [-0.3, -0.25) is 0 Å². The minimum atomic E-state index is -0.241. The summed E-state index contributed by atoms with van der Waals surface area (Å²) in [5.41, 5.74) is 1.89. The monoisotopic (exact) mass is 593 g/mol. The first-order valence-electron chi connectivity index (χ1n) is 18.0. The Labute approximate surface area is 261 Å². The number of hydrogen-bond donors (Lipinski definition) is 2. The van der Waals surface area contributed by atoms with Crippen molar-refractivity contribution in [2.45, 2.75) is 117 Å². The highest BCUT2D eigenvalue weighted by molar-refractivity contribution is 5.67. The maximum Gasteiger partial charge on any atom is 0.409 e. The molecule has 5 heteroatoms. The van der Waals surface area contributed by atoms with Crippen LogP contribution >= 0.6 is 0 Å². The van der Waals surface area contributed by atoms with Crippen molar-refractivity contribution in [1.29, 1.82) is 0 Å². The molecule has 0 bridgehead atoms. The average molecular weight is 594 g/mol. The number of piperidine rings is 1. The van der Waals surface area contributed by atoms with Crippen LogP contribution in [0, 0.1) is 58.2 Å². The van der Waals surface area contributed by atoms with Crippen LogP contribution in [0.15, 0.2) is 30.3 Å². The lowest BCUT2D eigenvalue weighted by atomic mass is 9.41. The number of hydrogen-bond acceptors (Lipinski definition) is 4. The first-order valence-corrected chi connectivity index (χ1v) is 18.0. The molecule has 240 valence electrons. The summed E-state index contributed by atoms with van der Waals surface area (Å²) in [5.74, 6) is 4.07. The number of rotatable bonds is 7. The van der Waals surface area contributed by atoms with E-state index in [1.165, 1.54) is 31.2 Å². The third-order valence-electron chi connectivity index (χ3n) is 14.2. The second kappa shape index (κ2) is 12.7. The number of likely N-dealkylation sites (tertiary alicyclic amines) is 1. The summed E-state index contributed by atoms with van der Waals surface area (Å²) >= 11 is 0. The van der Waals surface area contributed by atoms with Crippen molar-refractivity contribution in [3.05, 3.63) is 35.9 Å². The quantitative estimate of drug-likeness (QED) is 0.339. The molecule has 6 rings (SSSR count). The molecule has 5 fully saturated rings. The second-order valence-corrected chi connectivity index (χ2v) is 16.1. The highest BCUT2D eigenvalue weighted by atomic mass is 16.6. The maximum atomic E-state index is 12.9. The molecule has 1 unspecified atom stereocenters. The van der Waals surface area contributed by atoms with Gasteiger partial charge in [0.05, 0.1) is 18.8 Å². The van der Waals surface area contributed by atoms with Crippen LogP contribution in [0.25, 0.3) is 0 Å². The topological polar surface area (TPSA) is 70.0 Å². The summed E-state index contributed by atoms with van der Waals surface area (Å²) in [6.45, 7) is 11.8. The molecule has 0 radical (unpaired) electrons. The molecule has 1 amide bonds. The van der Waals surface area contributed by atoms with Crippen molar-refractivity contribution in [3.8, 4) is 0 Å². The summed E-state index contributed by atoms with van der Waals surface area (Å²) in [6.07, 6.45) is 12.4. The zero-order valence-electron chi connectivity index (χ0n) is 27.4. The fourth-order valence-corrected chi connectivity index (χ4v) is 11.8. The maximum absolute atomic E-state index is 12.9. The smallest absolute Gasteiger partial charge is 0.409 e. The zero-order valence-corrected chi connectivity index (χ0v) is 27.4. The number of nitrogens with zero attached hydrogens (tertiary/aromatic N) is 1. The summed E-state index contributed by atoms with van der Waals surface area (Å²) < 4.78 is 5.87. The summed E-state index contributed by atoms with van der Waals surface area (Å²) in [7, 11) is 0. The van der Waals surface area contributed by atoms with Crippen molar-refractivity contribution in [3.63, 3.8) is 0 Å². The molecule has 1 saturated heterocycles. The average Bonchev–Trinajstić information content (AvgIpc) is 3.36. The Morgan fingerprint density at radius 3 is 2.37 bits per heavy atom.